The molecule has 0 radical (unpaired) electrons. The largest absolute Gasteiger partial charge is 0.364 e. The Bertz CT molecular complexity index is 280. The molecule has 4 N–H and O–H groups in total. The minimum atomic E-state index is 0.280. The molecule has 6 heteroatoms. The van der Waals surface area contributed by atoms with E-state index in [1.807, 2.05) is 13.8 Å². The van der Waals surface area contributed by atoms with Gasteiger partial charge in [-0.05, 0) is 13.8 Å². The first kappa shape index (κ1) is 10.5. The third kappa shape index (κ3) is 3.44. The minimum Gasteiger partial charge on any atom is -0.364 e. The molecule has 0 bridgehead atoms. The van der Waals surface area contributed by atoms with Crippen molar-refractivity contribution in [1.29, 1.82) is 0 Å². The van der Waals surface area contributed by atoms with Gasteiger partial charge in [-0.2, -0.15) is 0 Å². The first-order chi connectivity index (χ1) is 6.72. The number of hydrogen-bond acceptors (Lipinski definition) is 4. The molecule has 14 heavy (non-hydrogen) atoms. The lowest BCUT2D eigenvalue weighted by Gasteiger charge is -2.11. The second-order valence-electron chi connectivity index (χ2n) is 3.10. The lowest BCUT2D eigenvalue weighted by Crippen LogP contribution is -2.44. The highest BCUT2D eigenvalue weighted by molar-refractivity contribution is 5.79. The molecule has 1 aromatic rings. The van der Waals surface area contributed by atoms with Crippen molar-refractivity contribution >= 4 is 5.96 Å². The second-order valence-corrected chi connectivity index (χ2v) is 3.10. The van der Waals surface area contributed by atoms with Crippen LogP contribution < -0.4 is 16.6 Å². The molecule has 6 nitrogen and oxygen atoms in total. The quantitative estimate of drug-likeness (QED) is 0.274. The van der Waals surface area contributed by atoms with E-state index in [4.69, 9.17) is 5.84 Å². The average molecular weight is 197 g/mol. The number of hydrazine groups is 1. The zero-order valence-corrected chi connectivity index (χ0v) is 8.32. The summed E-state index contributed by atoms with van der Waals surface area (Å²) in [6, 6.07) is 2.04. The highest BCUT2D eigenvalue weighted by Gasteiger charge is 1.99. The highest BCUT2D eigenvalue weighted by Crippen LogP contribution is 1.95. The lowest BCUT2D eigenvalue weighted by molar-refractivity contribution is 0.412. The van der Waals surface area contributed by atoms with Crippen molar-refractivity contribution in [1.82, 2.24) is 15.9 Å². The van der Waals surface area contributed by atoms with Gasteiger partial charge in [0.25, 0.3) is 0 Å². The maximum absolute atomic E-state index is 5.27. The average Bonchev–Trinajstić information content (AvgIpc) is 2.64. The topological polar surface area (TPSA) is 88.5 Å². The van der Waals surface area contributed by atoms with Gasteiger partial charge in [-0.1, -0.05) is 5.16 Å². The number of nitrogens with zero attached hydrogens (tertiary/aromatic N) is 2. The van der Waals surface area contributed by atoms with E-state index in [0.717, 1.165) is 5.69 Å². The van der Waals surface area contributed by atoms with Gasteiger partial charge >= 0.3 is 0 Å². The van der Waals surface area contributed by atoms with Crippen LogP contribution in [0, 0.1) is 0 Å². The molecular weight excluding hydrogens is 182 g/mol. The summed E-state index contributed by atoms with van der Waals surface area (Å²) in [6.45, 7) is 4.45. The number of aromatic nitrogens is 1. The zero-order chi connectivity index (χ0) is 10.4. The molecule has 1 heterocycles. The molecule has 1 aromatic heterocycles. The van der Waals surface area contributed by atoms with Gasteiger partial charge in [-0.3, -0.25) is 5.43 Å². The summed E-state index contributed by atoms with van der Waals surface area (Å²) in [7, 11) is 0. The SMILES string of the molecule is CC(C)NC(=NCc1ccon1)NN. The molecule has 1 rings (SSSR count). The predicted octanol–water partition coefficient (Wildman–Crippen LogP) is -0.00810. The number of guanidine groups is 1. The summed E-state index contributed by atoms with van der Waals surface area (Å²) < 4.78 is 4.67. The van der Waals surface area contributed by atoms with Gasteiger partial charge in [-0.15, -0.1) is 0 Å². The number of hydrogen-bond donors (Lipinski definition) is 3. The summed E-state index contributed by atoms with van der Waals surface area (Å²) in [5.41, 5.74) is 3.24. The van der Waals surface area contributed by atoms with E-state index in [-0.39, 0.29) is 6.04 Å². The van der Waals surface area contributed by atoms with Crippen molar-refractivity contribution in [3.05, 3.63) is 18.0 Å². The summed E-state index contributed by atoms with van der Waals surface area (Å²) >= 11 is 0. The fourth-order valence-corrected chi connectivity index (χ4v) is 0.886. The van der Waals surface area contributed by atoms with E-state index >= 15 is 0 Å². The van der Waals surface area contributed by atoms with Crippen LogP contribution in [0.25, 0.3) is 0 Å². The van der Waals surface area contributed by atoms with Crippen molar-refractivity contribution in [3.8, 4) is 0 Å². The fourth-order valence-electron chi connectivity index (χ4n) is 0.886. The van der Waals surface area contributed by atoms with Gasteiger partial charge in [0.15, 0.2) is 0 Å². The molecule has 0 aliphatic carbocycles. The first-order valence-corrected chi connectivity index (χ1v) is 4.39. The smallest absolute Gasteiger partial charge is 0.206 e. The molecule has 0 fully saturated rings. The number of nitrogens with one attached hydrogen (secondary N) is 2. The molecule has 0 aliphatic rings. The maximum atomic E-state index is 5.27. The molecule has 0 unspecified atom stereocenters. The Hall–Kier alpha value is -1.56. The van der Waals surface area contributed by atoms with E-state index in [1.165, 1.54) is 6.26 Å². The van der Waals surface area contributed by atoms with Crippen LogP contribution in [0.5, 0.6) is 0 Å². The van der Waals surface area contributed by atoms with Gasteiger partial charge in [0.05, 0.1) is 6.54 Å². The Kier molecular flexibility index (Phi) is 3.93. The zero-order valence-electron chi connectivity index (χ0n) is 8.32. The van der Waals surface area contributed by atoms with E-state index in [9.17, 15) is 0 Å². The van der Waals surface area contributed by atoms with Crippen LogP contribution in [-0.4, -0.2) is 17.2 Å². The van der Waals surface area contributed by atoms with Crippen molar-refractivity contribution in [3.63, 3.8) is 0 Å². The van der Waals surface area contributed by atoms with Gasteiger partial charge in [0.1, 0.15) is 12.0 Å². The molecule has 0 atom stereocenters. The normalized spacial score (nSPS) is 11.9. The van der Waals surface area contributed by atoms with E-state index in [2.05, 4.69) is 25.4 Å². The van der Waals surface area contributed by atoms with Crippen LogP contribution in [0.15, 0.2) is 21.8 Å². The van der Waals surface area contributed by atoms with Crippen molar-refractivity contribution in [2.75, 3.05) is 0 Å². The van der Waals surface area contributed by atoms with Gasteiger partial charge in [-0.25, -0.2) is 10.8 Å². The molecule has 0 saturated heterocycles. The molecular formula is C8H15N5O. The molecule has 0 aromatic carbocycles. The van der Waals surface area contributed by atoms with Crippen LogP contribution in [0.2, 0.25) is 0 Å². The Morgan fingerprint density at radius 2 is 2.50 bits per heavy atom. The van der Waals surface area contributed by atoms with Crippen LogP contribution in [0.1, 0.15) is 19.5 Å². The van der Waals surface area contributed by atoms with Gasteiger partial charge < -0.3 is 9.84 Å². The van der Waals surface area contributed by atoms with Gasteiger partial charge in [0, 0.05) is 12.1 Å². The fraction of sp³-hybridized carbons (Fsp3) is 0.500. The third-order valence-electron chi connectivity index (χ3n) is 1.45. The number of rotatable bonds is 3. The van der Waals surface area contributed by atoms with Crippen molar-refractivity contribution in [2.45, 2.75) is 26.4 Å². The van der Waals surface area contributed by atoms with E-state index in [1.54, 1.807) is 6.07 Å². The van der Waals surface area contributed by atoms with E-state index < -0.39 is 0 Å². The predicted molar refractivity (Wildman–Crippen MR) is 53.2 cm³/mol. The Balaban J connectivity index is 2.48. The molecule has 0 saturated carbocycles. The molecule has 78 valence electrons. The number of aliphatic imine (C=N–C) groups is 1. The number of nitrogens with two attached hydrogens (primary N) is 1. The first-order valence-electron chi connectivity index (χ1n) is 4.39. The van der Waals surface area contributed by atoms with Crippen LogP contribution in [0.3, 0.4) is 0 Å². The summed E-state index contributed by atoms with van der Waals surface area (Å²) in [5.74, 6) is 5.82. The summed E-state index contributed by atoms with van der Waals surface area (Å²) in [4.78, 5) is 4.17. The van der Waals surface area contributed by atoms with E-state index in [0.29, 0.717) is 12.5 Å². The molecule has 0 spiro atoms. The maximum Gasteiger partial charge on any atom is 0.206 e. The molecule has 0 aliphatic heterocycles. The molecule has 0 amide bonds. The van der Waals surface area contributed by atoms with Crippen LogP contribution in [-0.2, 0) is 6.54 Å². The standard InChI is InChI=1S/C8H15N5O/c1-6(2)11-8(12-9)10-5-7-3-4-14-13-7/h3-4,6H,5,9H2,1-2H3,(H2,10,11,12). The lowest BCUT2D eigenvalue weighted by atomic mass is 10.4. The Morgan fingerprint density at radius 1 is 1.71 bits per heavy atom. The van der Waals surface area contributed by atoms with Crippen molar-refractivity contribution < 1.29 is 4.52 Å². The highest BCUT2D eigenvalue weighted by atomic mass is 16.5. The van der Waals surface area contributed by atoms with Crippen LogP contribution >= 0.6 is 0 Å². The summed E-state index contributed by atoms with van der Waals surface area (Å²) in [6.07, 6.45) is 1.51. The van der Waals surface area contributed by atoms with Gasteiger partial charge in [0.2, 0.25) is 5.96 Å². The Labute approximate surface area is 82.5 Å². The van der Waals surface area contributed by atoms with Crippen LogP contribution in [0.4, 0.5) is 0 Å². The second kappa shape index (κ2) is 5.23. The third-order valence-corrected chi connectivity index (χ3v) is 1.45. The minimum absolute atomic E-state index is 0.280. The Morgan fingerprint density at radius 3 is 3.00 bits per heavy atom. The monoisotopic (exact) mass is 197 g/mol. The summed E-state index contributed by atoms with van der Waals surface area (Å²) in [5, 5.41) is 6.77. The van der Waals surface area contributed by atoms with Crippen molar-refractivity contribution in [2.24, 2.45) is 10.8 Å².